The summed E-state index contributed by atoms with van der Waals surface area (Å²) >= 11 is -0.677. The van der Waals surface area contributed by atoms with Gasteiger partial charge >= 0.3 is 11.2 Å². The summed E-state index contributed by atoms with van der Waals surface area (Å²) in [6.45, 7) is 0.333. The molecule has 0 aliphatic carbocycles. The maximum atomic E-state index is 12.8. The Labute approximate surface area is 106 Å². The molecule has 0 saturated heterocycles. The van der Waals surface area contributed by atoms with Crippen LogP contribution in [0.1, 0.15) is 12.8 Å². The molecule has 0 heterocycles. The van der Waals surface area contributed by atoms with Crippen LogP contribution in [0.15, 0.2) is 0 Å². The van der Waals surface area contributed by atoms with Gasteiger partial charge in [-0.2, -0.15) is 8.78 Å². The van der Waals surface area contributed by atoms with Crippen LogP contribution in [0.4, 0.5) is 8.78 Å². The van der Waals surface area contributed by atoms with Gasteiger partial charge in [0.05, 0.1) is 6.61 Å². The Morgan fingerprint density at radius 2 is 1.89 bits per heavy atom. The zero-order valence-electron chi connectivity index (χ0n) is 9.34. The average molecular weight is 292 g/mol. The molecule has 0 saturated carbocycles. The lowest BCUT2D eigenvalue weighted by Crippen LogP contribution is -2.28. The molecule has 0 rings (SSSR count). The Hall–Kier alpha value is -0.520. The summed E-state index contributed by atoms with van der Waals surface area (Å²) in [5.74, 6) is -1.81. The number of carbonyl (C=O) groups is 1. The molecule has 0 unspecified atom stereocenters. The van der Waals surface area contributed by atoms with E-state index in [9.17, 15) is 13.6 Å². The van der Waals surface area contributed by atoms with Crippen molar-refractivity contribution in [3.63, 3.8) is 0 Å². The number of aliphatic hydroxyl groups is 1. The van der Waals surface area contributed by atoms with Crippen LogP contribution in [0.3, 0.4) is 0 Å². The van der Waals surface area contributed by atoms with Crippen molar-refractivity contribution in [1.82, 2.24) is 0 Å². The smallest absolute Gasteiger partial charge is 0.415 e. The van der Waals surface area contributed by atoms with Crippen molar-refractivity contribution in [3.8, 4) is 0 Å². The van der Waals surface area contributed by atoms with E-state index in [4.69, 9.17) is 15.1 Å². The second-order valence-electron chi connectivity index (χ2n) is 2.92. The molecular weight excluding hydrogens is 278 g/mol. The summed E-state index contributed by atoms with van der Waals surface area (Å²) in [6, 6.07) is 0. The lowest BCUT2D eigenvalue weighted by atomic mass is 10.4. The van der Waals surface area contributed by atoms with Crippen LogP contribution in [-0.2, 0) is 23.6 Å². The number of carbonyl (C=O) groups excluding carboxylic acids is 1. The standard InChI is InChI=1S/C8H14F2O7S/c9-8(10,18-17-16-13)7(12)15-6-2-5-14-4-1-3-11/h11,13H,1-6H2. The summed E-state index contributed by atoms with van der Waals surface area (Å²) in [5, 5.41) is 15.1. The van der Waals surface area contributed by atoms with Gasteiger partial charge in [-0.25, -0.2) is 10.1 Å². The van der Waals surface area contributed by atoms with Crippen molar-refractivity contribution < 1.29 is 42.8 Å². The fourth-order valence-electron chi connectivity index (χ4n) is 0.771. The number of esters is 1. The van der Waals surface area contributed by atoms with Crippen LogP contribution in [0, 0.1) is 0 Å². The van der Waals surface area contributed by atoms with Crippen LogP contribution in [0.2, 0.25) is 0 Å². The Kier molecular flexibility index (Phi) is 10.1. The minimum Gasteiger partial charge on any atom is -0.460 e. The van der Waals surface area contributed by atoms with E-state index in [1.165, 1.54) is 0 Å². The van der Waals surface area contributed by atoms with Gasteiger partial charge in [-0.05, 0) is 6.42 Å². The molecule has 0 aromatic carbocycles. The van der Waals surface area contributed by atoms with E-state index < -0.39 is 23.3 Å². The molecule has 18 heavy (non-hydrogen) atoms. The third-order valence-electron chi connectivity index (χ3n) is 1.52. The van der Waals surface area contributed by atoms with E-state index in [1.54, 1.807) is 0 Å². The minimum atomic E-state index is -3.97. The van der Waals surface area contributed by atoms with Gasteiger partial charge in [-0.1, -0.05) is 5.04 Å². The Morgan fingerprint density at radius 1 is 1.22 bits per heavy atom. The van der Waals surface area contributed by atoms with E-state index in [0.717, 1.165) is 0 Å². The lowest BCUT2D eigenvalue weighted by Gasteiger charge is -2.12. The highest BCUT2D eigenvalue weighted by atomic mass is 32.2. The minimum absolute atomic E-state index is 0.00532. The monoisotopic (exact) mass is 292 g/mol. The van der Waals surface area contributed by atoms with E-state index in [0.29, 0.717) is 13.0 Å². The van der Waals surface area contributed by atoms with Crippen LogP contribution in [0.5, 0.6) is 0 Å². The van der Waals surface area contributed by atoms with E-state index in [1.807, 2.05) is 0 Å². The van der Waals surface area contributed by atoms with E-state index >= 15 is 0 Å². The largest absolute Gasteiger partial charge is 0.460 e. The number of rotatable bonds is 11. The van der Waals surface area contributed by atoms with Crippen molar-refractivity contribution in [2.45, 2.75) is 18.1 Å². The lowest BCUT2D eigenvalue weighted by molar-refractivity contribution is -0.433. The van der Waals surface area contributed by atoms with Gasteiger partial charge in [0, 0.05) is 26.2 Å². The Morgan fingerprint density at radius 3 is 2.50 bits per heavy atom. The maximum Gasteiger partial charge on any atom is 0.415 e. The van der Waals surface area contributed by atoms with Crippen LogP contribution in [-0.4, -0.2) is 48.0 Å². The first-order valence-electron chi connectivity index (χ1n) is 4.94. The summed E-state index contributed by atoms with van der Waals surface area (Å²) < 4.78 is 38.3. The molecule has 7 nitrogen and oxygen atoms in total. The van der Waals surface area contributed by atoms with E-state index in [2.05, 4.69) is 14.1 Å². The fraction of sp³-hybridized carbons (Fsp3) is 0.875. The first-order valence-corrected chi connectivity index (χ1v) is 5.68. The summed E-state index contributed by atoms with van der Waals surface area (Å²) in [6.07, 6.45) is 0.724. The van der Waals surface area contributed by atoms with Crippen LogP contribution in [0.25, 0.3) is 0 Å². The molecule has 0 aromatic rings. The number of hydrogen-bond acceptors (Lipinski definition) is 8. The SMILES string of the molecule is O=C(OCCCOCCCO)C(F)(F)SOOO. The fourth-order valence-corrected chi connectivity index (χ4v) is 1.01. The van der Waals surface area contributed by atoms with Crippen molar-refractivity contribution in [3.05, 3.63) is 0 Å². The molecule has 0 fully saturated rings. The van der Waals surface area contributed by atoms with Gasteiger partial charge < -0.3 is 14.6 Å². The summed E-state index contributed by atoms with van der Waals surface area (Å²) in [7, 11) is 0. The van der Waals surface area contributed by atoms with E-state index in [-0.39, 0.29) is 26.2 Å². The van der Waals surface area contributed by atoms with Crippen molar-refractivity contribution >= 4 is 18.0 Å². The van der Waals surface area contributed by atoms with Gasteiger partial charge in [0.25, 0.3) is 0 Å². The second-order valence-corrected chi connectivity index (χ2v) is 3.74. The molecule has 10 heteroatoms. The average Bonchev–Trinajstić information content (AvgIpc) is 2.35. The highest BCUT2D eigenvalue weighted by Crippen LogP contribution is 2.31. The predicted octanol–water partition coefficient (Wildman–Crippen LogP) is 0.981. The Bertz CT molecular complexity index is 229. The number of alkyl halides is 2. The zero-order valence-corrected chi connectivity index (χ0v) is 10.2. The molecule has 0 radical (unpaired) electrons. The molecule has 0 bridgehead atoms. The van der Waals surface area contributed by atoms with Crippen LogP contribution < -0.4 is 0 Å². The summed E-state index contributed by atoms with van der Waals surface area (Å²) in [5.41, 5.74) is 0. The molecule has 0 amide bonds. The molecule has 108 valence electrons. The van der Waals surface area contributed by atoms with Gasteiger partial charge in [0.15, 0.2) is 0 Å². The third kappa shape index (κ3) is 8.55. The molecule has 0 aromatic heterocycles. The van der Waals surface area contributed by atoms with Gasteiger partial charge in [0.2, 0.25) is 0 Å². The Balaban J connectivity index is 3.57. The molecule has 0 aliphatic heterocycles. The number of aliphatic hydroxyl groups excluding tert-OH is 1. The number of halogens is 2. The van der Waals surface area contributed by atoms with Crippen molar-refractivity contribution in [2.75, 3.05) is 26.4 Å². The normalized spacial score (nSPS) is 11.6. The molecule has 2 N–H and O–H groups in total. The van der Waals surface area contributed by atoms with Crippen molar-refractivity contribution in [2.24, 2.45) is 0 Å². The van der Waals surface area contributed by atoms with Gasteiger partial charge in [0.1, 0.15) is 12.0 Å². The highest BCUT2D eigenvalue weighted by molar-refractivity contribution is 7.96. The first kappa shape index (κ1) is 17.5. The summed E-state index contributed by atoms with van der Waals surface area (Å²) in [4.78, 5) is 10.8. The highest BCUT2D eigenvalue weighted by Gasteiger charge is 2.44. The predicted molar refractivity (Wildman–Crippen MR) is 55.4 cm³/mol. The van der Waals surface area contributed by atoms with Gasteiger partial charge in [-0.3, -0.25) is 0 Å². The van der Waals surface area contributed by atoms with Crippen LogP contribution >= 0.6 is 12.0 Å². The molecule has 0 aliphatic rings. The van der Waals surface area contributed by atoms with Crippen molar-refractivity contribution in [1.29, 1.82) is 0 Å². The molecular formula is C8H14F2O7S. The molecule has 0 atom stereocenters. The second kappa shape index (κ2) is 10.4. The topological polar surface area (TPSA) is 94.5 Å². The van der Waals surface area contributed by atoms with Gasteiger partial charge in [-0.15, -0.1) is 4.33 Å². The maximum absolute atomic E-state index is 12.8. The number of hydrogen-bond donors (Lipinski definition) is 2. The first-order chi connectivity index (χ1) is 8.54. The molecule has 0 spiro atoms. The zero-order chi connectivity index (χ0) is 13.9. The quantitative estimate of drug-likeness (QED) is 0.191. The third-order valence-corrected chi connectivity index (χ3v) is 2.02. The number of ether oxygens (including phenoxy) is 2.